The highest BCUT2D eigenvalue weighted by Gasteiger charge is 2.41. The van der Waals surface area contributed by atoms with Gasteiger partial charge in [-0.3, -0.25) is 19.2 Å². The Morgan fingerprint density at radius 2 is 0.616 bits per heavy atom. The topological polar surface area (TPSA) is 186 Å². The quantitative estimate of drug-likeness (QED) is 0.0621. The normalized spacial score (nSPS) is 16.0. The molecule has 0 heterocycles. The van der Waals surface area contributed by atoms with E-state index in [1.807, 2.05) is 161 Å². The average Bonchev–Trinajstić information content (AvgIpc) is 0.839. The number of benzene rings is 3. The molecule has 480 valence electrons. The minimum absolute atomic E-state index is 0.00420. The van der Waals surface area contributed by atoms with Gasteiger partial charge in [-0.2, -0.15) is 0 Å². The van der Waals surface area contributed by atoms with Crippen LogP contribution in [0.4, 0.5) is 0 Å². The zero-order valence-electron chi connectivity index (χ0n) is 57.7. The number of carbonyl (C=O) groups is 4. The van der Waals surface area contributed by atoms with E-state index in [0.717, 1.165) is 61.2 Å². The molecule has 1 aliphatic carbocycles. The first-order valence-corrected chi connectivity index (χ1v) is 31.3. The van der Waals surface area contributed by atoms with Gasteiger partial charge >= 0.3 is 23.9 Å². The summed E-state index contributed by atoms with van der Waals surface area (Å²) in [7, 11) is 0. The van der Waals surface area contributed by atoms with Crippen LogP contribution in [0.15, 0.2) is 59.4 Å². The minimum atomic E-state index is -1.58. The molecule has 0 bridgehead atoms. The third-order valence-corrected chi connectivity index (χ3v) is 16.7. The van der Waals surface area contributed by atoms with Crippen LogP contribution in [0, 0.1) is 28.1 Å². The lowest BCUT2D eigenvalue weighted by molar-refractivity contribution is -0.170. The Morgan fingerprint density at radius 1 is 0.372 bits per heavy atom. The van der Waals surface area contributed by atoms with Crippen LogP contribution in [0.2, 0.25) is 0 Å². The number of aryl methyl sites for hydroxylation is 3. The largest absolute Gasteiger partial charge is 0.508 e. The molecule has 0 saturated heterocycles. The molecular formula is C74H112O12. The molecule has 1 aliphatic rings. The van der Waals surface area contributed by atoms with Crippen molar-refractivity contribution in [2.45, 2.75) is 257 Å². The monoisotopic (exact) mass is 1190 g/mol. The van der Waals surface area contributed by atoms with Crippen LogP contribution in [0.3, 0.4) is 0 Å². The van der Waals surface area contributed by atoms with Gasteiger partial charge in [0, 0.05) is 25.7 Å². The lowest BCUT2D eigenvalue weighted by atomic mass is 9.66. The fraction of sp³-hybridized carbons (Fsp3) is 0.649. The Hall–Kier alpha value is -5.78. The maximum absolute atomic E-state index is 14.2. The van der Waals surface area contributed by atoms with Crippen molar-refractivity contribution < 1.29 is 58.6 Å². The molecule has 12 heteroatoms. The number of carbonyl (C=O) groups excluding carboxylic acids is 4. The molecule has 3 aromatic rings. The molecule has 0 fully saturated rings. The number of esters is 4. The van der Waals surface area contributed by atoms with Crippen molar-refractivity contribution >= 4 is 23.9 Å². The fourth-order valence-corrected chi connectivity index (χ4v) is 11.4. The number of allylic oxidation sites excluding steroid dienone is 3. The van der Waals surface area contributed by atoms with E-state index in [1.165, 1.54) is 0 Å². The third kappa shape index (κ3) is 19.6. The number of rotatable bonds is 20. The SMILES string of the molecule is CC1C(C(C)(C)C)=C(O)C(C(C)(C)C)=CC1CCC(=O)OCC(COC(=O)CCc1cc(C(C)(C)C)c(O)c(C(C)(C)C)c1)(COC(=O)CCc1cc(C(C)(C)C)c(O)c(C(C)(C)C)c1)COC(=O)CCc1cc(C(C)(C)C)c(O)c(C(C)(C)C)c1. The van der Waals surface area contributed by atoms with Gasteiger partial charge in [0.1, 0.15) is 54.9 Å². The molecule has 4 rings (SSSR count). The summed E-state index contributed by atoms with van der Waals surface area (Å²) in [6, 6.07) is 11.6. The molecule has 0 radical (unpaired) electrons. The highest BCUT2D eigenvalue weighted by atomic mass is 16.6. The van der Waals surface area contributed by atoms with Crippen molar-refractivity contribution in [2.24, 2.45) is 28.1 Å². The molecule has 86 heavy (non-hydrogen) atoms. The van der Waals surface area contributed by atoms with Crippen LogP contribution in [0.25, 0.3) is 0 Å². The average molecular weight is 1190 g/mol. The van der Waals surface area contributed by atoms with Crippen LogP contribution in [-0.4, -0.2) is 70.7 Å². The van der Waals surface area contributed by atoms with Gasteiger partial charge in [-0.25, -0.2) is 0 Å². The summed E-state index contributed by atoms with van der Waals surface area (Å²) in [6.45, 7) is 49.2. The molecular weight excluding hydrogens is 1080 g/mol. The van der Waals surface area contributed by atoms with Crippen molar-refractivity contribution in [1.82, 2.24) is 0 Å². The van der Waals surface area contributed by atoms with E-state index in [9.17, 15) is 39.6 Å². The van der Waals surface area contributed by atoms with Crippen molar-refractivity contribution in [3.8, 4) is 17.2 Å². The standard InChI is InChI=1S/C74H112O12/c1-45-49(40-56(72(20,21)22)65(82)61(45)73(23,24)25)29-33-60(78)86-44-74(41-83-57(75)30-26-46-34-50(66(2,3)4)62(79)51(35-46)67(5,6)7,42-84-58(76)31-27-47-36-52(68(8,9)10)63(80)53(37-47)69(11,12)13)43-85-59(77)32-28-48-38-54(70(14,15)16)64(81)55(39-48)71(17,18)19/h34-40,45,49,79-82H,26-33,41-44H2,1-25H3. The Morgan fingerprint density at radius 3 is 0.837 bits per heavy atom. The highest BCUT2D eigenvalue weighted by molar-refractivity contribution is 5.72. The van der Waals surface area contributed by atoms with Crippen molar-refractivity contribution in [3.63, 3.8) is 0 Å². The van der Waals surface area contributed by atoms with E-state index in [0.29, 0.717) is 12.2 Å². The number of ether oxygens (including phenoxy) is 4. The van der Waals surface area contributed by atoms with E-state index in [4.69, 9.17) is 18.9 Å². The van der Waals surface area contributed by atoms with Gasteiger partial charge in [0.05, 0.1) is 0 Å². The molecule has 0 spiro atoms. The van der Waals surface area contributed by atoms with Crippen LogP contribution in [0.5, 0.6) is 17.2 Å². The minimum Gasteiger partial charge on any atom is -0.508 e. The van der Waals surface area contributed by atoms with Crippen LogP contribution in [-0.2, 0) is 89.9 Å². The first-order valence-electron chi connectivity index (χ1n) is 31.3. The molecule has 0 aliphatic heterocycles. The van der Waals surface area contributed by atoms with Gasteiger partial charge in [-0.05, 0) is 142 Å². The first-order chi connectivity index (χ1) is 38.9. The van der Waals surface area contributed by atoms with Gasteiger partial charge < -0.3 is 39.4 Å². The van der Waals surface area contributed by atoms with E-state index in [2.05, 4.69) is 54.5 Å². The van der Waals surface area contributed by atoms with Gasteiger partial charge in [0.2, 0.25) is 0 Å². The zero-order chi connectivity index (χ0) is 65.9. The van der Waals surface area contributed by atoms with Gasteiger partial charge in [-0.15, -0.1) is 0 Å². The van der Waals surface area contributed by atoms with Crippen molar-refractivity contribution in [2.75, 3.05) is 26.4 Å². The summed E-state index contributed by atoms with van der Waals surface area (Å²) in [5.74, 6) is -1.55. The van der Waals surface area contributed by atoms with Gasteiger partial charge in [-0.1, -0.05) is 216 Å². The second-order valence-corrected chi connectivity index (χ2v) is 33.1. The molecule has 0 aromatic heterocycles. The highest BCUT2D eigenvalue weighted by Crippen LogP contribution is 2.49. The van der Waals surface area contributed by atoms with E-state index < -0.39 is 88.2 Å². The van der Waals surface area contributed by atoms with Crippen molar-refractivity contribution in [1.29, 1.82) is 0 Å². The smallest absolute Gasteiger partial charge is 0.306 e. The summed E-state index contributed by atoms with van der Waals surface area (Å²) in [6.07, 6.45) is 3.14. The van der Waals surface area contributed by atoms with Crippen LogP contribution >= 0.6 is 0 Å². The lowest BCUT2D eigenvalue weighted by Gasteiger charge is -2.40. The third-order valence-electron chi connectivity index (χ3n) is 16.7. The molecule has 0 saturated carbocycles. The number of aliphatic hydroxyl groups excluding tert-OH is 1. The zero-order valence-corrected chi connectivity index (χ0v) is 57.7. The Balaban J connectivity index is 1.76. The molecule has 4 N–H and O–H groups in total. The van der Waals surface area contributed by atoms with Crippen molar-refractivity contribution in [3.05, 3.63) is 109 Å². The number of phenols is 3. The van der Waals surface area contributed by atoms with Gasteiger partial charge in [0.25, 0.3) is 0 Å². The molecule has 2 atom stereocenters. The number of phenolic OH excluding ortho intramolecular Hbond substituents is 3. The maximum Gasteiger partial charge on any atom is 0.306 e. The number of aromatic hydroxyl groups is 3. The summed E-state index contributed by atoms with van der Waals surface area (Å²) in [5, 5.41) is 45.9. The summed E-state index contributed by atoms with van der Waals surface area (Å²) in [4.78, 5) is 56.6. The molecule has 3 aromatic carbocycles. The van der Waals surface area contributed by atoms with E-state index >= 15 is 0 Å². The number of hydrogen-bond acceptors (Lipinski definition) is 12. The summed E-state index contributed by atoms with van der Waals surface area (Å²) in [5.41, 5.74) is 4.14. The summed E-state index contributed by atoms with van der Waals surface area (Å²) >= 11 is 0. The Bertz CT molecular complexity index is 2630. The number of aliphatic hydroxyl groups is 1. The number of hydrogen-bond donors (Lipinski definition) is 4. The lowest BCUT2D eigenvalue weighted by Crippen LogP contribution is -2.44. The molecule has 2 unspecified atom stereocenters. The predicted molar refractivity (Wildman–Crippen MR) is 346 cm³/mol. The molecule has 0 amide bonds. The first kappa shape index (κ1) is 72.7. The Kier molecular flexibility index (Phi) is 22.7. The second kappa shape index (κ2) is 26.9. The van der Waals surface area contributed by atoms with E-state index in [-0.39, 0.29) is 84.9 Å². The maximum atomic E-state index is 14.2. The van der Waals surface area contributed by atoms with Crippen LogP contribution < -0.4 is 0 Å². The second-order valence-electron chi connectivity index (χ2n) is 33.1. The fourth-order valence-electron chi connectivity index (χ4n) is 11.4. The van der Waals surface area contributed by atoms with Crippen LogP contribution in [0.1, 0.15) is 255 Å². The summed E-state index contributed by atoms with van der Waals surface area (Å²) < 4.78 is 24.5. The predicted octanol–water partition coefficient (Wildman–Crippen LogP) is 16.8. The van der Waals surface area contributed by atoms with E-state index in [1.54, 1.807) is 0 Å². The Labute approximate surface area is 518 Å². The van der Waals surface area contributed by atoms with Gasteiger partial charge in [0.15, 0.2) is 0 Å². The molecule has 12 nitrogen and oxygen atoms in total.